The van der Waals surface area contributed by atoms with Gasteiger partial charge in [0.05, 0.1) is 5.60 Å². The zero-order valence-electron chi connectivity index (χ0n) is 14.4. The molecule has 1 amide bonds. The molecule has 1 N–H and O–H groups in total. The van der Waals surface area contributed by atoms with Crippen molar-refractivity contribution in [3.8, 4) is 0 Å². The predicted molar refractivity (Wildman–Crippen MR) is 80.4 cm³/mol. The molecule has 0 aromatic carbocycles. The average molecular weight is 303 g/mol. The summed E-state index contributed by atoms with van der Waals surface area (Å²) in [5, 5.41) is 9.64. The summed E-state index contributed by atoms with van der Waals surface area (Å²) in [5.41, 5.74) is -2.76. The number of nitrogens with zero attached hydrogens (tertiary/aromatic N) is 1. The van der Waals surface area contributed by atoms with Crippen molar-refractivity contribution in [1.29, 1.82) is 0 Å². The Labute approximate surface area is 127 Å². The van der Waals surface area contributed by atoms with Gasteiger partial charge >= 0.3 is 12.1 Å². The van der Waals surface area contributed by atoms with Gasteiger partial charge in [-0.1, -0.05) is 0 Å². The molecule has 0 radical (unpaired) electrons. The number of ether oxygens (including phenoxy) is 2. The number of likely N-dealkylation sites (N-methyl/N-ethyl adjacent to an activating group) is 1. The molecular weight excluding hydrogens is 274 g/mol. The van der Waals surface area contributed by atoms with Crippen molar-refractivity contribution >= 4 is 12.1 Å². The lowest BCUT2D eigenvalue weighted by Gasteiger charge is -2.41. The van der Waals surface area contributed by atoms with Crippen LogP contribution in [0.15, 0.2) is 0 Å². The van der Waals surface area contributed by atoms with Crippen LogP contribution < -0.4 is 0 Å². The highest BCUT2D eigenvalue weighted by atomic mass is 16.6. The van der Waals surface area contributed by atoms with Gasteiger partial charge in [0.15, 0.2) is 0 Å². The summed E-state index contributed by atoms with van der Waals surface area (Å²) >= 11 is 0. The predicted octanol–water partition coefficient (Wildman–Crippen LogP) is 2.90. The second-order valence-electron chi connectivity index (χ2n) is 6.94. The second kappa shape index (κ2) is 6.64. The van der Waals surface area contributed by atoms with E-state index < -0.39 is 28.8 Å². The van der Waals surface area contributed by atoms with Crippen LogP contribution in [0.25, 0.3) is 0 Å². The van der Waals surface area contributed by atoms with E-state index in [0.29, 0.717) is 0 Å². The summed E-state index contributed by atoms with van der Waals surface area (Å²) in [6, 6.07) is 0. The minimum Gasteiger partial charge on any atom is -0.480 e. The number of carboxylic acids is 1. The number of carbonyl (C=O) groups is 2. The highest BCUT2D eigenvalue weighted by Crippen LogP contribution is 2.30. The van der Waals surface area contributed by atoms with Crippen molar-refractivity contribution in [1.82, 2.24) is 4.90 Å². The molecule has 124 valence electrons. The zero-order valence-corrected chi connectivity index (χ0v) is 14.4. The molecule has 0 aliphatic heterocycles. The van der Waals surface area contributed by atoms with Crippen LogP contribution in [0.5, 0.6) is 0 Å². The number of methoxy groups -OCH3 is 1. The van der Waals surface area contributed by atoms with Crippen molar-refractivity contribution in [2.75, 3.05) is 13.7 Å². The monoisotopic (exact) mass is 303 g/mol. The van der Waals surface area contributed by atoms with Crippen LogP contribution in [0, 0.1) is 0 Å². The Balaban J connectivity index is 5.49. The fourth-order valence-corrected chi connectivity index (χ4v) is 2.18. The maximum atomic E-state index is 12.3. The van der Waals surface area contributed by atoms with Crippen molar-refractivity contribution in [3.63, 3.8) is 0 Å². The summed E-state index contributed by atoms with van der Waals surface area (Å²) in [7, 11) is 1.52. The van der Waals surface area contributed by atoms with Crippen LogP contribution in [0.3, 0.4) is 0 Å². The van der Waals surface area contributed by atoms with Gasteiger partial charge in [-0.2, -0.15) is 0 Å². The Morgan fingerprint density at radius 2 is 1.57 bits per heavy atom. The summed E-state index contributed by atoms with van der Waals surface area (Å²) in [4.78, 5) is 25.3. The van der Waals surface area contributed by atoms with Gasteiger partial charge in [0, 0.05) is 20.1 Å². The smallest absolute Gasteiger partial charge is 0.411 e. The minimum absolute atomic E-state index is 0.152. The van der Waals surface area contributed by atoms with E-state index in [1.807, 2.05) is 0 Å². The standard InChI is InChI=1S/C15H29NO5/c1-9-16(12(19)21-13(2,3)4)15(7,11(17)18)10-14(5,6)20-8/h9-10H2,1-8H3,(H,17,18). The van der Waals surface area contributed by atoms with Crippen LogP contribution in [0.1, 0.15) is 54.9 Å². The molecule has 6 heteroatoms. The number of carboxylic acid groups (broad SMARTS) is 1. The number of hydrogen-bond donors (Lipinski definition) is 1. The lowest BCUT2D eigenvalue weighted by molar-refractivity contribution is -0.155. The number of rotatable bonds is 6. The molecule has 0 aliphatic rings. The Morgan fingerprint density at radius 3 is 1.86 bits per heavy atom. The maximum Gasteiger partial charge on any atom is 0.411 e. The minimum atomic E-state index is -1.41. The van der Waals surface area contributed by atoms with E-state index in [2.05, 4.69) is 0 Å². The Kier molecular flexibility index (Phi) is 6.23. The molecule has 0 fully saturated rings. The molecule has 0 aromatic heterocycles. The third-order valence-electron chi connectivity index (χ3n) is 3.31. The van der Waals surface area contributed by atoms with E-state index in [4.69, 9.17) is 9.47 Å². The van der Waals surface area contributed by atoms with Gasteiger partial charge in [-0.25, -0.2) is 9.59 Å². The van der Waals surface area contributed by atoms with E-state index >= 15 is 0 Å². The van der Waals surface area contributed by atoms with E-state index in [0.717, 1.165) is 0 Å². The average Bonchev–Trinajstić information content (AvgIpc) is 2.26. The first-order chi connectivity index (χ1) is 9.29. The molecular formula is C15H29NO5. The third-order valence-corrected chi connectivity index (χ3v) is 3.31. The third kappa shape index (κ3) is 5.53. The SMILES string of the molecule is CCN(C(=O)OC(C)(C)C)C(C)(CC(C)(C)OC)C(=O)O. The number of hydrogen-bond acceptors (Lipinski definition) is 4. The molecule has 0 aliphatic carbocycles. The van der Waals surface area contributed by atoms with Crippen LogP contribution in [0.2, 0.25) is 0 Å². The molecule has 0 bridgehead atoms. The van der Waals surface area contributed by atoms with Gasteiger partial charge in [0.2, 0.25) is 0 Å². The number of amides is 1. The molecule has 0 saturated carbocycles. The van der Waals surface area contributed by atoms with Crippen molar-refractivity contribution in [2.24, 2.45) is 0 Å². The second-order valence-corrected chi connectivity index (χ2v) is 6.94. The molecule has 1 atom stereocenters. The topological polar surface area (TPSA) is 76.1 Å². The Bertz CT molecular complexity index is 386. The molecule has 1 unspecified atom stereocenters. The highest BCUT2D eigenvalue weighted by Gasteiger charge is 2.47. The summed E-state index contributed by atoms with van der Waals surface area (Å²) in [5.74, 6) is -1.08. The zero-order chi connectivity index (χ0) is 17.1. The summed E-state index contributed by atoms with van der Waals surface area (Å²) in [6.07, 6.45) is -0.486. The van der Waals surface area contributed by atoms with E-state index in [9.17, 15) is 14.7 Å². The van der Waals surface area contributed by atoms with Gasteiger partial charge in [-0.05, 0) is 48.5 Å². The van der Waals surface area contributed by atoms with Crippen LogP contribution in [-0.2, 0) is 14.3 Å². The summed E-state index contributed by atoms with van der Waals surface area (Å²) in [6.45, 7) is 12.3. The summed E-state index contributed by atoms with van der Waals surface area (Å²) < 4.78 is 10.6. The molecule has 0 heterocycles. The molecule has 0 rings (SSSR count). The quantitative estimate of drug-likeness (QED) is 0.816. The number of aliphatic carboxylic acids is 1. The molecule has 6 nitrogen and oxygen atoms in total. The van der Waals surface area contributed by atoms with Gasteiger partial charge in [-0.3, -0.25) is 4.90 Å². The first kappa shape index (κ1) is 19.7. The van der Waals surface area contributed by atoms with E-state index in [1.165, 1.54) is 18.9 Å². The first-order valence-corrected chi connectivity index (χ1v) is 7.08. The Morgan fingerprint density at radius 1 is 1.10 bits per heavy atom. The fourth-order valence-electron chi connectivity index (χ4n) is 2.18. The largest absolute Gasteiger partial charge is 0.480 e. The molecule has 21 heavy (non-hydrogen) atoms. The molecule has 0 aromatic rings. The molecule has 0 spiro atoms. The number of carbonyl (C=O) groups excluding carboxylic acids is 1. The van der Waals surface area contributed by atoms with Gasteiger partial charge < -0.3 is 14.6 Å². The van der Waals surface area contributed by atoms with Gasteiger partial charge in [-0.15, -0.1) is 0 Å². The van der Waals surface area contributed by atoms with E-state index in [1.54, 1.807) is 41.5 Å². The fraction of sp³-hybridized carbons (Fsp3) is 0.867. The van der Waals surface area contributed by atoms with Gasteiger partial charge in [0.1, 0.15) is 11.1 Å². The van der Waals surface area contributed by atoms with E-state index in [-0.39, 0.29) is 13.0 Å². The normalized spacial score (nSPS) is 15.2. The Hall–Kier alpha value is -1.30. The lowest BCUT2D eigenvalue weighted by Crippen LogP contribution is -2.58. The van der Waals surface area contributed by atoms with Crippen LogP contribution >= 0.6 is 0 Å². The lowest BCUT2D eigenvalue weighted by atomic mass is 9.86. The van der Waals surface area contributed by atoms with Gasteiger partial charge in [0.25, 0.3) is 0 Å². The molecule has 0 saturated heterocycles. The van der Waals surface area contributed by atoms with Crippen molar-refractivity contribution < 1.29 is 24.2 Å². The van der Waals surface area contributed by atoms with Crippen LogP contribution in [-0.4, -0.2) is 52.5 Å². The van der Waals surface area contributed by atoms with Crippen LogP contribution in [0.4, 0.5) is 4.79 Å². The first-order valence-electron chi connectivity index (χ1n) is 7.08. The van der Waals surface area contributed by atoms with Crippen molar-refractivity contribution in [3.05, 3.63) is 0 Å². The van der Waals surface area contributed by atoms with Crippen molar-refractivity contribution in [2.45, 2.75) is 71.6 Å². The highest BCUT2D eigenvalue weighted by molar-refractivity contribution is 5.84. The maximum absolute atomic E-state index is 12.3.